The number of aromatic carboxylic acids is 1. The summed E-state index contributed by atoms with van der Waals surface area (Å²) in [6.45, 7) is 4.67. The quantitative estimate of drug-likeness (QED) is 0.891. The summed E-state index contributed by atoms with van der Waals surface area (Å²) in [6.07, 6.45) is 1.64. The van der Waals surface area contributed by atoms with Crippen molar-refractivity contribution in [3.8, 4) is 0 Å². The van der Waals surface area contributed by atoms with Crippen molar-refractivity contribution in [2.45, 2.75) is 26.7 Å². The Morgan fingerprint density at radius 2 is 1.95 bits per heavy atom. The fourth-order valence-electron chi connectivity index (χ4n) is 2.47. The first-order valence-corrected chi connectivity index (χ1v) is 8.36. The summed E-state index contributed by atoms with van der Waals surface area (Å²) in [7, 11) is -3.71. The SMILES string of the molecule is Cc1cccc(NS(=O)(=O)N2CCC(C)CC2)c1C(=O)O. The Labute approximate surface area is 125 Å². The number of rotatable bonds is 4. The molecule has 0 spiro atoms. The molecule has 0 unspecified atom stereocenters. The number of hydrogen-bond donors (Lipinski definition) is 2. The molecule has 1 saturated heterocycles. The van der Waals surface area contributed by atoms with E-state index < -0.39 is 16.2 Å². The molecule has 0 atom stereocenters. The highest BCUT2D eigenvalue weighted by molar-refractivity contribution is 7.90. The Kier molecular flexibility index (Phi) is 4.53. The van der Waals surface area contributed by atoms with Crippen molar-refractivity contribution in [2.24, 2.45) is 5.92 Å². The Morgan fingerprint density at radius 1 is 1.33 bits per heavy atom. The molecule has 1 aromatic carbocycles. The van der Waals surface area contributed by atoms with E-state index in [0.29, 0.717) is 24.6 Å². The van der Waals surface area contributed by atoms with E-state index in [2.05, 4.69) is 11.6 Å². The van der Waals surface area contributed by atoms with E-state index in [1.807, 2.05) is 0 Å². The molecule has 1 aromatic rings. The van der Waals surface area contributed by atoms with Gasteiger partial charge in [-0.3, -0.25) is 4.72 Å². The first-order chi connectivity index (χ1) is 9.81. The van der Waals surface area contributed by atoms with Crippen molar-refractivity contribution in [3.05, 3.63) is 29.3 Å². The molecule has 1 fully saturated rings. The third-order valence-corrected chi connectivity index (χ3v) is 5.33. The molecule has 2 N–H and O–H groups in total. The summed E-state index contributed by atoms with van der Waals surface area (Å²) in [6, 6.07) is 4.75. The Balaban J connectivity index is 2.25. The van der Waals surface area contributed by atoms with Gasteiger partial charge in [0, 0.05) is 13.1 Å². The summed E-state index contributed by atoms with van der Waals surface area (Å²) in [5, 5.41) is 9.24. The number of piperidine rings is 1. The van der Waals surface area contributed by atoms with Crippen LogP contribution in [0.15, 0.2) is 18.2 Å². The molecule has 2 rings (SSSR count). The van der Waals surface area contributed by atoms with Gasteiger partial charge in [0.1, 0.15) is 0 Å². The lowest BCUT2D eigenvalue weighted by Gasteiger charge is -2.29. The number of nitrogens with zero attached hydrogens (tertiary/aromatic N) is 1. The third kappa shape index (κ3) is 3.54. The number of nitrogens with one attached hydrogen (secondary N) is 1. The average Bonchev–Trinajstić information content (AvgIpc) is 2.38. The monoisotopic (exact) mass is 312 g/mol. The van der Waals surface area contributed by atoms with Gasteiger partial charge in [0.15, 0.2) is 0 Å². The van der Waals surface area contributed by atoms with Crippen molar-refractivity contribution >= 4 is 21.9 Å². The van der Waals surface area contributed by atoms with E-state index in [9.17, 15) is 18.3 Å². The van der Waals surface area contributed by atoms with Gasteiger partial charge in [-0.05, 0) is 37.3 Å². The van der Waals surface area contributed by atoms with E-state index in [1.54, 1.807) is 19.1 Å². The van der Waals surface area contributed by atoms with Crippen LogP contribution >= 0.6 is 0 Å². The summed E-state index contributed by atoms with van der Waals surface area (Å²) < 4.78 is 28.5. The van der Waals surface area contributed by atoms with Crippen LogP contribution in [0.25, 0.3) is 0 Å². The van der Waals surface area contributed by atoms with Crippen molar-refractivity contribution in [2.75, 3.05) is 17.8 Å². The van der Waals surface area contributed by atoms with Crippen LogP contribution in [0.1, 0.15) is 35.7 Å². The second kappa shape index (κ2) is 6.03. The summed E-state index contributed by atoms with van der Waals surface area (Å²) in [5.74, 6) is -0.622. The molecule has 0 bridgehead atoms. The number of aryl methyl sites for hydroxylation is 1. The highest BCUT2D eigenvalue weighted by atomic mass is 32.2. The minimum absolute atomic E-state index is 0.00791. The summed E-state index contributed by atoms with van der Waals surface area (Å²) in [5.41, 5.74) is 0.627. The van der Waals surface area contributed by atoms with E-state index in [1.165, 1.54) is 10.4 Å². The van der Waals surface area contributed by atoms with Crippen molar-refractivity contribution in [1.29, 1.82) is 0 Å². The second-order valence-corrected chi connectivity index (χ2v) is 7.16. The van der Waals surface area contributed by atoms with E-state index >= 15 is 0 Å². The zero-order chi connectivity index (χ0) is 15.6. The lowest BCUT2D eigenvalue weighted by atomic mass is 10.0. The van der Waals surface area contributed by atoms with Gasteiger partial charge in [0.2, 0.25) is 0 Å². The Bertz CT molecular complexity index is 634. The largest absolute Gasteiger partial charge is 0.478 e. The molecule has 1 aliphatic heterocycles. The van der Waals surface area contributed by atoms with Gasteiger partial charge in [-0.25, -0.2) is 4.79 Å². The van der Waals surface area contributed by atoms with Crippen molar-refractivity contribution < 1.29 is 18.3 Å². The third-order valence-electron chi connectivity index (χ3n) is 3.81. The summed E-state index contributed by atoms with van der Waals surface area (Å²) in [4.78, 5) is 11.3. The van der Waals surface area contributed by atoms with Crippen LogP contribution in [-0.2, 0) is 10.2 Å². The molecule has 0 aromatic heterocycles. The highest BCUT2D eigenvalue weighted by Gasteiger charge is 2.27. The van der Waals surface area contributed by atoms with Crippen LogP contribution in [0.5, 0.6) is 0 Å². The van der Waals surface area contributed by atoms with Crippen LogP contribution in [0, 0.1) is 12.8 Å². The van der Waals surface area contributed by atoms with Gasteiger partial charge in [0.05, 0.1) is 11.3 Å². The van der Waals surface area contributed by atoms with Crippen LogP contribution in [-0.4, -0.2) is 36.9 Å². The molecule has 0 saturated carbocycles. The number of anilines is 1. The molecule has 0 amide bonds. The number of benzene rings is 1. The molecule has 1 aliphatic rings. The molecular weight excluding hydrogens is 292 g/mol. The Morgan fingerprint density at radius 3 is 2.52 bits per heavy atom. The summed E-state index contributed by atoms with van der Waals surface area (Å²) >= 11 is 0. The zero-order valence-electron chi connectivity index (χ0n) is 12.2. The normalized spacial score (nSPS) is 17.6. The lowest BCUT2D eigenvalue weighted by Crippen LogP contribution is -2.41. The van der Waals surface area contributed by atoms with Gasteiger partial charge >= 0.3 is 16.2 Å². The van der Waals surface area contributed by atoms with E-state index in [-0.39, 0.29) is 11.3 Å². The number of hydrogen-bond acceptors (Lipinski definition) is 3. The zero-order valence-corrected chi connectivity index (χ0v) is 13.0. The molecule has 21 heavy (non-hydrogen) atoms. The van der Waals surface area contributed by atoms with Crippen LogP contribution in [0.3, 0.4) is 0 Å². The number of carboxylic acid groups (broad SMARTS) is 1. The van der Waals surface area contributed by atoms with E-state index in [4.69, 9.17) is 0 Å². The highest BCUT2D eigenvalue weighted by Crippen LogP contribution is 2.24. The van der Waals surface area contributed by atoms with Crippen LogP contribution < -0.4 is 4.72 Å². The fraction of sp³-hybridized carbons (Fsp3) is 0.500. The maximum Gasteiger partial charge on any atom is 0.338 e. The van der Waals surface area contributed by atoms with Gasteiger partial charge in [-0.2, -0.15) is 12.7 Å². The molecule has 7 heteroatoms. The number of carboxylic acids is 1. The minimum atomic E-state index is -3.71. The smallest absolute Gasteiger partial charge is 0.338 e. The number of carbonyl (C=O) groups is 1. The first-order valence-electron chi connectivity index (χ1n) is 6.92. The topological polar surface area (TPSA) is 86.7 Å². The van der Waals surface area contributed by atoms with Gasteiger partial charge in [0.25, 0.3) is 0 Å². The molecule has 6 nitrogen and oxygen atoms in total. The maximum absolute atomic E-state index is 12.4. The predicted octanol–water partition coefficient (Wildman–Crippen LogP) is 2.08. The fourth-order valence-corrected chi connectivity index (χ4v) is 3.73. The van der Waals surface area contributed by atoms with Gasteiger partial charge in [-0.15, -0.1) is 0 Å². The second-order valence-electron chi connectivity index (χ2n) is 5.49. The molecule has 0 radical (unpaired) electrons. The van der Waals surface area contributed by atoms with E-state index in [0.717, 1.165) is 12.8 Å². The first kappa shape index (κ1) is 15.8. The molecule has 0 aliphatic carbocycles. The molecule has 116 valence electrons. The molecule has 1 heterocycles. The average molecular weight is 312 g/mol. The predicted molar refractivity (Wildman–Crippen MR) is 80.7 cm³/mol. The van der Waals surface area contributed by atoms with Gasteiger partial charge in [-0.1, -0.05) is 19.1 Å². The van der Waals surface area contributed by atoms with Crippen molar-refractivity contribution in [1.82, 2.24) is 4.31 Å². The van der Waals surface area contributed by atoms with Crippen molar-refractivity contribution in [3.63, 3.8) is 0 Å². The van der Waals surface area contributed by atoms with Crippen LogP contribution in [0.2, 0.25) is 0 Å². The lowest BCUT2D eigenvalue weighted by molar-refractivity contribution is 0.0697. The molecular formula is C14H20N2O4S. The van der Waals surface area contributed by atoms with Crippen LogP contribution in [0.4, 0.5) is 5.69 Å². The van der Waals surface area contributed by atoms with Gasteiger partial charge < -0.3 is 5.11 Å². The minimum Gasteiger partial charge on any atom is -0.478 e. The Hall–Kier alpha value is -1.60. The maximum atomic E-state index is 12.4. The standard InChI is InChI=1S/C14H20N2O4S/c1-10-6-8-16(9-7-10)21(19,20)15-12-5-3-4-11(2)13(12)14(17)18/h3-5,10,15H,6-9H2,1-2H3,(H,17,18).